The summed E-state index contributed by atoms with van der Waals surface area (Å²) in [5, 5.41) is 8.94. The Morgan fingerprint density at radius 1 is 1.16 bits per heavy atom. The molecular weight excluding hydrogens is 352 g/mol. The summed E-state index contributed by atoms with van der Waals surface area (Å²) in [6.45, 7) is -2.43. The third-order valence-electron chi connectivity index (χ3n) is 3.54. The van der Waals surface area contributed by atoms with Gasteiger partial charge in [0.15, 0.2) is 0 Å². The Labute approximate surface area is 147 Å². The lowest BCUT2D eigenvalue weighted by molar-refractivity contribution is -0.0498. The quantitative estimate of drug-likeness (QED) is 0.862. The van der Waals surface area contributed by atoms with E-state index in [-0.39, 0.29) is 5.75 Å². The zero-order valence-corrected chi connectivity index (χ0v) is 13.7. The number of benzene rings is 2. The molecule has 0 aliphatic carbocycles. The molecule has 1 heterocycles. The Balaban J connectivity index is 1.63. The molecule has 0 unspecified atom stereocenters. The lowest BCUT2D eigenvalue weighted by atomic mass is 10.1. The summed E-state index contributed by atoms with van der Waals surface area (Å²) in [5.41, 5.74) is 2.17. The molecule has 0 radical (unpaired) electrons. The van der Waals surface area contributed by atoms with Crippen molar-refractivity contribution in [2.24, 2.45) is 5.10 Å². The van der Waals surface area contributed by atoms with Crippen LogP contribution in [0.1, 0.15) is 12.0 Å². The third-order valence-corrected chi connectivity index (χ3v) is 3.80. The van der Waals surface area contributed by atoms with Gasteiger partial charge in [-0.2, -0.15) is 13.9 Å². The van der Waals surface area contributed by atoms with E-state index >= 15 is 0 Å². The van der Waals surface area contributed by atoms with Crippen molar-refractivity contribution in [2.75, 3.05) is 11.9 Å². The highest BCUT2D eigenvalue weighted by Crippen LogP contribution is 2.20. The van der Waals surface area contributed by atoms with Gasteiger partial charge in [-0.1, -0.05) is 23.7 Å². The van der Waals surface area contributed by atoms with E-state index in [1.165, 1.54) is 29.3 Å². The van der Waals surface area contributed by atoms with Crippen molar-refractivity contribution in [1.82, 2.24) is 5.01 Å². The number of nitrogens with one attached hydrogen (secondary N) is 1. The van der Waals surface area contributed by atoms with E-state index in [9.17, 15) is 13.6 Å². The number of ether oxygens (including phenoxy) is 1. The maximum atomic E-state index is 12.2. The number of amides is 2. The van der Waals surface area contributed by atoms with Crippen molar-refractivity contribution < 1.29 is 18.3 Å². The zero-order valence-electron chi connectivity index (χ0n) is 13.0. The lowest BCUT2D eigenvalue weighted by Gasteiger charge is -2.13. The average molecular weight is 366 g/mol. The molecule has 0 saturated carbocycles. The molecule has 1 N–H and O–H groups in total. The molecule has 5 nitrogen and oxygen atoms in total. The fourth-order valence-electron chi connectivity index (χ4n) is 2.36. The minimum atomic E-state index is -2.88. The second-order valence-corrected chi connectivity index (χ2v) is 5.70. The average Bonchev–Trinajstić information content (AvgIpc) is 3.07. The number of hydrogen-bond acceptors (Lipinski definition) is 3. The monoisotopic (exact) mass is 365 g/mol. The van der Waals surface area contributed by atoms with Gasteiger partial charge >= 0.3 is 12.6 Å². The van der Waals surface area contributed by atoms with Gasteiger partial charge in [0.05, 0.1) is 12.3 Å². The predicted molar refractivity (Wildman–Crippen MR) is 91.4 cm³/mol. The van der Waals surface area contributed by atoms with Crippen LogP contribution in [0.3, 0.4) is 0 Å². The van der Waals surface area contributed by atoms with Crippen LogP contribution >= 0.6 is 11.6 Å². The van der Waals surface area contributed by atoms with Gasteiger partial charge in [0.25, 0.3) is 0 Å². The maximum Gasteiger partial charge on any atom is 0.387 e. The largest absolute Gasteiger partial charge is 0.435 e. The van der Waals surface area contributed by atoms with Crippen molar-refractivity contribution >= 4 is 29.0 Å². The van der Waals surface area contributed by atoms with E-state index < -0.39 is 12.6 Å². The Morgan fingerprint density at radius 2 is 1.84 bits per heavy atom. The Hall–Kier alpha value is -2.67. The standard InChI is InChI=1S/C17H14ClF2N3O2/c18-12-3-1-11(2-4-12)15-9-10-23(22-15)17(24)21-13-5-7-14(8-6-13)25-16(19)20/h1-8,16H,9-10H2,(H,21,24). The first-order valence-corrected chi connectivity index (χ1v) is 7.86. The number of rotatable bonds is 4. The number of alkyl halides is 2. The van der Waals surface area contributed by atoms with Gasteiger partial charge in [-0.05, 0) is 42.0 Å². The van der Waals surface area contributed by atoms with Crippen molar-refractivity contribution in [3.8, 4) is 5.75 Å². The number of nitrogens with zero attached hydrogens (tertiary/aromatic N) is 2. The molecule has 2 aromatic carbocycles. The molecule has 8 heteroatoms. The minimum absolute atomic E-state index is 0.0252. The number of carbonyl (C=O) groups is 1. The molecule has 0 fully saturated rings. The molecule has 130 valence electrons. The summed E-state index contributed by atoms with van der Waals surface area (Å²) in [4.78, 5) is 12.2. The molecule has 0 spiro atoms. The van der Waals surface area contributed by atoms with Gasteiger partial charge in [0, 0.05) is 17.1 Å². The highest BCUT2D eigenvalue weighted by atomic mass is 35.5. The van der Waals surface area contributed by atoms with Gasteiger partial charge in [0.2, 0.25) is 0 Å². The minimum Gasteiger partial charge on any atom is -0.435 e. The van der Waals surface area contributed by atoms with E-state index in [0.717, 1.165) is 11.3 Å². The van der Waals surface area contributed by atoms with E-state index in [0.29, 0.717) is 23.7 Å². The maximum absolute atomic E-state index is 12.2. The molecule has 3 rings (SSSR count). The number of hydrogen-bond donors (Lipinski definition) is 1. The molecule has 2 amide bonds. The van der Waals surface area contributed by atoms with E-state index in [2.05, 4.69) is 15.2 Å². The van der Waals surface area contributed by atoms with Crippen LogP contribution in [0.5, 0.6) is 5.75 Å². The van der Waals surface area contributed by atoms with Gasteiger partial charge in [0.1, 0.15) is 5.75 Å². The SMILES string of the molecule is O=C(Nc1ccc(OC(F)F)cc1)N1CCC(c2ccc(Cl)cc2)=N1. The first-order chi connectivity index (χ1) is 12.0. The van der Waals surface area contributed by atoms with Gasteiger partial charge in [-0.3, -0.25) is 0 Å². The molecule has 25 heavy (non-hydrogen) atoms. The first-order valence-electron chi connectivity index (χ1n) is 7.48. The molecule has 0 saturated heterocycles. The molecule has 0 aromatic heterocycles. The van der Waals surface area contributed by atoms with Crippen LogP contribution in [0.2, 0.25) is 5.02 Å². The fraction of sp³-hybridized carbons (Fsp3) is 0.176. The molecule has 0 atom stereocenters. The van der Waals surface area contributed by atoms with E-state index in [1.807, 2.05) is 12.1 Å². The second kappa shape index (κ2) is 7.48. The van der Waals surface area contributed by atoms with Crippen LogP contribution in [0, 0.1) is 0 Å². The molecule has 1 aliphatic heterocycles. The Bertz CT molecular complexity index is 779. The van der Waals surface area contributed by atoms with Gasteiger partial charge in [-0.15, -0.1) is 0 Å². The normalized spacial score (nSPS) is 13.8. The highest BCUT2D eigenvalue weighted by Gasteiger charge is 2.21. The van der Waals surface area contributed by atoms with Crippen molar-refractivity contribution in [1.29, 1.82) is 0 Å². The van der Waals surface area contributed by atoms with Crippen LogP contribution < -0.4 is 10.1 Å². The van der Waals surface area contributed by atoms with Gasteiger partial charge in [-0.25, -0.2) is 9.80 Å². The van der Waals surface area contributed by atoms with Gasteiger partial charge < -0.3 is 10.1 Å². The molecular formula is C17H14ClF2N3O2. The van der Waals surface area contributed by atoms with Crippen molar-refractivity contribution in [3.63, 3.8) is 0 Å². The van der Waals surface area contributed by atoms with E-state index in [1.54, 1.807) is 12.1 Å². The van der Waals surface area contributed by atoms with Crippen LogP contribution in [0.15, 0.2) is 53.6 Å². The first kappa shape index (κ1) is 17.2. The summed E-state index contributed by atoms with van der Waals surface area (Å²) in [6.07, 6.45) is 0.635. The fourth-order valence-corrected chi connectivity index (χ4v) is 2.48. The number of hydrazone groups is 1. The topological polar surface area (TPSA) is 53.9 Å². The summed E-state index contributed by atoms with van der Waals surface area (Å²) in [6, 6.07) is 12.5. The lowest BCUT2D eigenvalue weighted by Crippen LogP contribution is -2.28. The zero-order chi connectivity index (χ0) is 17.8. The van der Waals surface area contributed by atoms with Crippen LogP contribution in [0.25, 0.3) is 0 Å². The summed E-state index contributed by atoms with van der Waals surface area (Å²) < 4.78 is 28.5. The Kier molecular flexibility index (Phi) is 5.14. The van der Waals surface area contributed by atoms with Crippen LogP contribution in [0.4, 0.5) is 19.3 Å². The van der Waals surface area contributed by atoms with Crippen molar-refractivity contribution in [3.05, 3.63) is 59.1 Å². The number of anilines is 1. The third kappa shape index (κ3) is 4.45. The predicted octanol–water partition coefficient (Wildman–Crippen LogP) is 4.58. The summed E-state index contributed by atoms with van der Waals surface area (Å²) >= 11 is 5.86. The van der Waals surface area contributed by atoms with Crippen molar-refractivity contribution in [2.45, 2.75) is 13.0 Å². The summed E-state index contributed by atoms with van der Waals surface area (Å²) in [7, 11) is 0. The molecule has 1 aliphatic rings. The molecule has 0 bridgehead atoms. The number of halogens is 3. The number of urea groups is 1. The van der Waals surface area contributed by atoms with E-state index in [4.69, 9.17) is 11.6 Å². The summed E-state index contributed by atoms with van der Waals surface area (Å²) in [5.74, 6) is 0.0252. The van der Waals surface area contributed by atoms with Crippen LogP contribution in [-0.4, -0.2) is 29.9 Å². The smallest absolute Gasteiger partial charge is 0.387 e. The Morgan fingerprint density at radius 3 is 2.48 bits per heavy atom. The highest BCUT2D eigenvalue weighted by molar-refractivity contribution is 6.30. The van der Waals surface area contributed by atoms with Crippen LogP contribution in [-0.2, 0) is 0 Å². The second-order valence-electron chi connectivity index (χ2n) is 5.26. The molecule has 2 aromatic rings. The number of carbonyl (C=O) groups excluding carboxylic acids is 1.